The minimum atomic E-state index is -0.792. The lowest BCUT2D eigenvalue weighted by Crippen LogP contribution is -2.38. The van der Waals surface area contributed by atoms with Crippen LogP contribution in [0, 0.1) is 5.92 Å². The molecule has 11 heteroatoms. The molecule has 2 heterocycles. The van der Waals surface area contributed by atoms with E-state index in [1.807, 2.05) is 13.8 Å². The monoisotopic (exact) mass is 489 g/mol. The van der Waals surface area contributed by atoms with Crippen LogP contribution in [0.4, 0.5) is 0 Å². The Morgan fingerprint density at radius 3 is 2.59 bits per heavy atom. The summed E-state index contributed by atoms with van der Waals surface area (Å²) in [6, 6.07) is 6.76. The van der Waals surface area contributed by atoms with Crippen molar-refractivity contribution in [1.29, 1.82) is 0 Å². The first kappa shape index (κ1) is 24.6. The van der Waals surface area contributed by atoms with Gasteiger partial charge in [-0.15, -0.1) is 0 Å². The van der Waals surface area contributed by atoms with Gasteiger partial charge in [0.05, 0.1) is 22.6 Å². The van der Waals surface area contributed by atoms with Crippen molar-refractivity contribution < 1.29 is 23.9 Å². The maximum absolute atomic E-state index is 10.9. The van der Waals surface area contributed by atoms with Gasteiger partial charge in [-0.3, -0.25) is 4.79 Å². The number of carboxylic acids is 1. The Morgan fingerprint density at radius 1 is 1.22 bits per heavy atom. The van der Waals surface area contributed by atoms with Gasteiger partial charge in [0.2, 0.25) is 11.7 Å². The first-order valence-electron chi connectivity index (χ1n) is 9.66. The summed E-state index contributed by atoms with van der Waals surface area (Å²) in [4.78, 5) is 19.5. The van der Waals surface area contributed by atoms with E-state index in [-0.39, 0.29) is 47.1 Å². The molecular weight excluding hydrogens is 469 g/mol. The van der Waals surface area contributed by atoms with Crippen molar-refractivity contribution >= 4 is 52.2 Å². The summed E-state index contributed by atoms with van der Waals surface area (Å²) in [6.45, 7) is 3.77. The summed E-state index contributed by atoms with van der Waals surface area (Å²) in [5.74, 6) is 0.306. The molecule has 1 aliphatic rings. The molecule has 32 heavy (non-hydrogen) atoms. The van der Waals surface area contributed by atoms with Gasteiger partial charge in [0.1, 0.15) is 16.9 Å². The van der Waals surface area contributed by atoms with Crippen LogP contribution in [0.25, 0.3) is 22.8 Å². The molecule has 8 nitrogen and oxygen atoms in total. The number of ether oxygens (including phenoxy) is 2. The largest absolute Gasteiger partial charge is 0.490 e. The number of hydrogen-bond acceptors (Lipinski definition) is 7. The fourth-order valence-corrected chi connectivity index (χ4v) is 3.57. The number of pyridine rings is 1. The number of benzene rings is 1. The fourth-order valence-electron chi connectivity index (χ4n) is 3.11. The Labute approximate surface area is 210 Å². The Bertz CT molecular complexity index is 1120. The second-order valence-corrected chi connectivity index (χ2v) is 8.30. The van der Waals surface area contributed by atoms with Gasteiger partial charge in [-0.25, -0.2) is 4.98 Å². The van der Waals surface area contributed by atoms with Crippen LogP contribution >= 0.6 is 23.2 Å². The Balaban J connectivity index is 0.00000289. The zero-order chi connectivity index (χ0) is 22.1. The molecule has 0 spiro atoms. The molecule has 0 saturated heterocycles. The summed E-state index contributed by atoms with van der Waals surface area (Å²) in [7, 11) is 0. The topological polar surface area (TPSA) is 108 Å². The van der Waals surface area contributed by atoms with Gasteiger partial charge in [0.15, 0.2) is 0 Å². The van der Waals surface area contributed by atoms with Crippen LogP contribution in [0.5, 0.6) is 11.6 Å². The third kappa shape index (κ3) is 5.45. The highest BCUT2D eigenvalue weighted by Crippen LogP contribution is 2.35. The van der Waals surface area contributed by atoms with Crippen molar-refractivity contribution in [3.8, 4) is 34.5 Å². The van der Waals surface area contributed by atoms with Crippen LogP contribution < -0.4 is 9.47 Å². The van der Waals surface area contributed by atoms with Gasteiger partial charge in [0, 0.05) is 11.8 Å². The third-order valence-corrected chi connectivity index (χ3v) is 5.34. The van der Waals surface area contributed by atoms with Crippen molar-refractivity contribution in [3.05, 3.63) is 40.5 Å². The second-order valence-electron chi connectivity index (χ2n) is 7.49. The van der Waals surface area contributed by atoms with Crippen LogP contribution in [0.3, 0.4) is 0 Å². The van der Waals surface area contributed by atoms with Crippen LogP contribution in [-0.2, 0) is 4.79 Å². The molecule has 1 aromatic carbocycles. The van der Waals surface area contributed by atoms with Gasteiger partial charge in [-0.2, -0.15) is 4.98 Å². The first-order chi connectivity index (χ1) is 14.8. The Morgan fingerprint density at radius 2 is 1.97 bits per heavy atom. The molecule has 3 aromatic rings. The maximum Gasteiger partial charge on any atom is 0.316 e. The number of aromatic nitrogens is 3. The average molecular weight is 491 g/mol. The minimum Gasteiger partial charge on any atom is -0.490 e. The van der Waals surface area contributed by atoms with Gasteiger partial charge in [-0.1, -0.05) is 28.4 Å². The van der Waals surface area contributed by atoms with E-state index >= 15 is 0 Å². The van der Waals surface area contributed by atoms with E-state index in [1.54, 1.807) is 30.5 Å². The quantitative estimate of drug-likeness (QED) is 0.491. The van der Waals surface area contributed by atoms with E-state index in [0.717, 1.165) is 0 Å². The van der Waals surface area contributed by atoms with Gasteiger partial charge >= 0.3 is 29.0 Å². The van der Waals surface area contributed by atoms with E-state index in [2.05, 4.69) is 15.1 Å². The summed E-state index contributed by atoms with van der Waals surface area (Å²) in [5, 5.41) is 13.7. The number of rotatable bonds is 7. The summed E-state index contributed by atoms with van der Waals surface area (Å²) in [6.07, 6.45) is 2.34. The molecule has 0 radical (unpaired) electrons. The van der Waals surface area contributed by atoms with Crippen LogP contribution in [0.15, 0.2) is 35.0 Å². The highest BCUT2D eigenvalue weighted by molar-refractivity contribution is 6.33. The summed E-state index contributed by atoms with van der Waals surface area (Å²) < 4.78 is 16.7. The number of carboxylic acid groups (broad SMARTS) is 1. The molecule has 0 aliphatic heterocycles. The van der Waals surface area contributed by atoms with Crippen molar-refractivity contribution in [3.63, 3.8) is 0 Å². The van der Waals surface area contributed by atoms with Crippen molar-refractivity contribution in [2.45, 2.75) is 38.9 Å². The normalized spacial score (nSPS) is 17.4. The number of halogens is 2. The predicted molar refractivity (Wildman–Crippen MR) is 122 cm³/mol. The zero-order valence-electron chi connectivity index (χ0n) is 16.7. The smallest absolute Gasteiger partial charge is 0.316 e. The number of aliphatic carboxylic acids is 1. The van der Waals surface area contributed by atoms with Gasteiger partial charge in [-0.05, 0) is 51.0 Å². The molecule has 0 bridgehead atoms. The summed E-state index contributed by atoms with van der Waals surface area (Å²) >= 11 is 12.6. The standard InChI is InChI=1S/C21H19Cl2N3O5.Mg.2H/c1-10(2)29-20-17(23)7-12(9-24-20)19-25-18(26-31-19)15-4-3-13(8-16(15)22)30-14-5-11(6-14)21(27)28;;;/h3-4,7-11,14H,5-6H2,1-2H3,(H,27,28);;;. The first-order valence-corrected chi connectivity index (χ1v) is 10.4. The van der Waals surface area contributed by atoms with E-state index in [1.165, 1.54) is 0 Å². The molecular formula is C21H21Cl2MgN3O5. The predicted octanol–water partition coefficient (Wildman–Crippen LogP) is 4.22. The van der Waals surface area contributed by atoms with Crippen LogP contribution in [0.2, 0.25) is 10.0 Å². The van der Waals surface area contributed by atoms with Crippen LogP contribution in [0.1, 0.15) is 26.7 Å². The van der Waals surface area contributed by atoms with E-state index < -0.39 is 5.97 Å². The molecule has 1 fully saturated rings. The second kappa shape index (κ2) is 10.2. The lowest BCUT2D eigenvalue weighted by atomic mass is 9.82. The molecule has 4 rings (SSSR count). The molecule has 1 aliphatic carbocycles. The third-order valence-electron chi connectivity index (χ3n) is 4.76. The molecule has 0 amide bonds. The minimum absolute atomic E-state index is 0. The Kier molecular flexibility index (Phi) is 7.86. The number of carbonyl (C=O) groups is 1. The van der Waals surface area contributed by atoms with Crippen molar-refractivity contribution in [1.82, 2.24) is 15.1 Å². The van der Waals surface area contributed by atoms with E-state index in [9.17, 15) is 4.79 Å². The zero-order valence-corrected chi connectivity index (χ0v) is 18.2. The summed E-state index contributed by atoms with van der Waals surface area (Å²) in [5.41, 5.74) is 1.12. The molecule has 2 aromatic heterocycles. The molecule has 1 saturated carbocycles. The highest BCUT2D eigenvalue weighted by atomic mass is 35.5. The van der Waals surface area contributed by atoms with E-state index in [4.69, 9.17) is 42.3 Å². The molecule has 0 atom stereocenters. The molecule has 0 unspecified atom stereocenters. The van der Waals surface area contributed by atoms with E-state index in [0.29, 0.717) is 51.5 Å². The lowest BCUT2D eigenvalue weighted by molar-refractivity contribution is -0.147. The fraction of sp³-hybridized carbons (Fsp3) is 0.333. The van der Waals surface area contributed by atoms with Gasteiger partial charge < -0.3 is 19.1 Å². The highest BCUT2D eigenvalue weighted by Gasteiger charge is 2.36. The molecule has 166 valence electrons. The Hall–Kier alpha value is -2.07. The molecule has 1 N–H and O–H groups in total. The van der Waals surface area contributed by atoms with Gasteiger partial charge in [0.25, 0.3) is 5.89 Å². The van der Waals surface area contributed by atoms with Crippen molar-refractivity contribution in [2.24, 2.45) is 5.92 Å². The van der Waals surface area contributed by atoms with Crippen LogP contribution in [-0.4, -0.2) is 61.5 Å². The number of hydrogen-bond donors (Lipinski definition) is 1. The lowest BCUT2D eigenvalue weighted by Gasteiger charge is -2.32. The van der Waals surface area contributed by atoms with Crippen molar-refractivity contribution in [2.75, 3.05) is 0 Å². The SMILES string of the molecule is CC(C)Oc1ncc(-c2nc(-c3ccc(OC4CC(C(=O)O)C4)cc3Cl)no2)cc1Cl.[MgH2]. The average Bonchev–Trinajstić information content (AvgIpc) is 3.15. The number of nitrogens with zero attached hydrogens (tertiary/aromatic N) is 3. The maximum atomic E-state index is 10.9.